The third kappa shape index (κ3) is 3.65. The monoisotopic (exact) mass is 464 g/mol. The Balaban J connectivity index is 1.16. The number of benzene rings is 1. The van der Waals surface area contributed by atoms with E-state index in [4.69, 9.17) is 4.74 Å². The second kappa shape index (κ2) is 8.44. The summed E-state index contributed by atoms with van der Waals surface area (Å²) < 4.78 is 7.21. The SMILES string of the molecule is COC[C@@]1(O)CC[C@H]2[C@H](CC[C@@H]3[C@@H]2CC[C@]2(C)[C@@H](C(=O)Cn4cc5ccccc5n4)CC[C@@H]32)C1. The fourth-order valence-electron chi connectivity index (χ4n) is 9.26. The minimum Gasteiger partial charge on any atom is -0.387 e. The van der Waals surface area contributed by atoms with Crippen LogP contribution in [0.2, 0.25) is 0 Å². The number of methoxy groups -OCH3 is 1. The lowest BCUT2D eigenvalue weighted by Gasteiger charge is -2.57. The topological polar surface area (TPSA) is 64.3 Å². The molecule has 1 N–H and O–H groups in total. The zero-order valence-corrected chi connectivity index (χ0v) is 20.8. The van der Waals surface area contributed by atoms with Crippen LogP contribution in [0, 0.1) is 40.9 Å². The number of ether oxygens (including phenoxy) is 1. The van der Waals surface area contributed by atoms with E-state index in [1.807, 2.05) is 29.1 Å². The number of nitrogens with zero attached hydrogens (tertiary/aromatic N) is 2. The van der Waals surface area contributed by atoms with Gasteiger partial charge in [0.1, 0.15) is 0 Å². The van der Waals surface area contributed by atoms with Crippen molar-refractivity contribution in [3.8, 4) is 0 Å². The molecule has 4 fully saturated rings. The first-order valence-corrected chi connectivity index (χ1v) is 13.6. The maximum absolute atomic E-state index is 13.6. The standard InChI is InChI=1S/C29H40N2O3/c1-28-13-11-22-21-12-14-29(33,18-34-2)15-19(21)7-8-23(22)24(28)9-10-25(28)27(32)17-31-16-20-5-3-4-6-26(20)30-31/h3-6,16,19,21-25,33H,7-15,17-18H2,1-2H3/t19-,21+,22-,23-,24+,25-,28+,29-/m1/s1. The lowest BCUT2D eigenvalue weighted by molar-refractivity contribution is -0.136. The summed E-state index contributed by atoms with van der Waals surface area (Å²) in [5, 5.41) is 16.7. The van der Waals surface area contributed by atoms with Crippen molar-refractivity contribution in [3.05, 3.63) is 30.5 Å². The summed E-state index contributed by atoms with van der Waals surface area (Å²) >= 11 is 0. The van der Waals surface area contributed by atoms with Gasteiger partial charge in [-0.05, 0) is 98.9 Å². The molecule has 5 heteroatoms. The molecule has 4 aliphatic carbocycles. The molecule has 0 spiro atoms. The van der Waals surface area contributed by atoms with Crippen LogP contribution in [0.25, 0.3) is 10.9 Å². The van der Waals surface area contributed by atoms with E-state index >= 15 is 0 Å². The van der Waals surface area contributed by atoms with E-state index in [0.29, 0.717) is 30.8 Å². The molecule has 0 radical (unpaired) electrons. The molecule has 1 heterocycles. The van der Waals surface area contributed by atoms with Crippen LogP contribution in [0.5, 0.6) is 0 Å². The molecular formula is C29H40N2O3. The highest BCUT2D eigenvalue weighted by Crippen LogP contribution is 2.64. The van der Waals surface area contributed by atoms with Crippen molar-refractivity contribution in [2.75, 3.05) is 13.7 Å². The summed E-state index contributed by atoms with van der Waals surface area (Å²) in [6.07, 6.45) is 12.2. The minimum absolute atomic E-state index is 0.142. The second-order valence-corrected chi connectivity index (χ2v) is 12.4. The summed E-state index contributed by atoms with van der Waals surface area (Å²) in [5.41, 5.74) is 0.491. The summed E-state index contributed by atoms with van der Waals surface area (Å²) in [6.45, 7) is 3.31. The van der Waals surface area contributed by atoms with E-state index in [1.54, 1.807) is 7.11 Å². The molecule has 5 nitrogen and oxygen atoms in total. The summed E-state index contributed by atoms with van der Waals surface area (Å²) in [5.74, 6) is 4.18. The number of Topliss-reactive ketones (excluding diaryl/α,β-unsaturated/α-hetero) is 1. The number of rotatable bonds is 5. The second-order valence-electron chi connectivity index (χ2n) is 12.4. The Morgan fingerprint density at radius 3 is 2.74 bits per heavy atom. The lowest BCUT2D eigenvalue weighted by atomic mass is 9.49. The maximum atomic E-state index is 13.6. The number of hydrogen-bond acceptors (Lipinski definition) is 4. The number of aliphatic hydroxyl groups is 1. The van der Waals surface area contributed by atoms with Crippen LogP contribution in [-0.2, 0) is 16.1 Å². The molecule has 34 heavy (non-hydrogen) atoms. The maximum Gasteiger partial charge on any atom is 0.157 e. The first kappa shape index (κ1) is 22.7. The van der Waals surface area contributed by atoms with E-state index in [0.717, 1.165) is 54.3 Å². The number of carbonyl (C=O) groups excluding carboxylic acids is 1. The average molecular weight is 465 g/mol. The number of ketones is 1. The van der Waals surface area contributed by atoms with Gasteiger partial charge in [-0.2, -0.15) is 5.10 Å². The molecule has 0 aliphatic heterocycles. The van der Waals surface area contributed by atoms with Gasteiger partial charge >= 0.3 is 0 Å². The summed E-state index contributed by atoms with van der Waals surface area (Å²) in [4.78, 5) is 13.6. The van der Waals surface area contributed by atoms with Crippen LogP contribution >= 0.6 is 0 Å². The molecule has 1 aromatic heterocycles. The number of hydrogen-bond donors (Lipinski definition) is 1. The molecule has 0 unspecified atom stereocenters. The van der Waals surface area contributed by atoms with Gasteiger partial charge in [0.05, 0.1) is 24.3 Å². The van der Waals surface area contributed by atoms with Gasteiger partial charge in [-0.1, -0.05) is 25.1 Å². The Labute approximate surface area is 203 Å². The predicted molar refractivity (Wildman–Crippen MR) is 132 cm³/mol. The van der Waals surface area contributed by atoms with Crippen LogP contribution in [0.3, 0.4) is 0 Å². The largest absolute Gasteiger partial charge is 0.387 e. The summed E-state index contributed by atoms with van der Waals surface area (Å²) in [7, 11) is 1.70. The zero-order chi connectivity index (χ0) is 23.5. The van der Waals surface area contributed by atoms with Crippen molar-refractivity contribution >= 4 is 16.7 Å². The average Bonchev–Trinajstić information content (AvgIpc) is 3.38. The molecule has 0 amide bonds. The fraction of sp³-hybridized carbons (Fsp3) is 0.724. The van der Waals surface area contributed by atoms with E-state index in [-0.39, 0.29) is 11.3 Å². The van der Waals surface area contributed by atoms with Crippen molar-refractivity contribution in [3.63, 3.8) is 0 Å². The van der Waals surface area contributed by atoms with Crippen molar-refractivity contribution in [2.24, 2.45) is 40.9 Å². The van der Waals surface area contributed by atoms with Gasteiger partial charge in [0.15, 0.2) is 5.78 Å². The van der Waals surface area contributed by atoms with Gasteiger partial charge in [0.25, 0.3) is 0 Å². The Hall–Kier alpha value is -1.72. The van der Waals surface area contributed by atoms with Gasteiger partial charge < -0.3 is 9.84 Å². The van der Waals surface area contributed by atoms with Crippen molar-refractivity contribution < 1.29 is 14.6 Å². The van der Waals surface area contributed by atoms with Gasteiger partial charge in [0.2, 0.25) is 0 Å². The zero-order valence-electron chi connectivity index (χ0n) is 20.8. The molecular weight excluding hydrogens is 424 g/mol. The molecule has 4 aliphatic rings. The molecule has 0 bridgehead atoms. The number of carbonyl (C=O) groups is 1. The normalized spacial score (nSPS) is 41.6. The van der Waals surface area contributed by atoms with Crippen molar-refractivity contribution in [1.29, 1.82) is 0 Å². The van der Waals surface area contributed by atoms with E-state index < -0.39 is 5.60 Å². The lowest BCUT2D eigenvalue weighted by Crippen LogP contribution is -2.52. The number of aromatic nitrogens is 2. The smallest absolute Gasteiger partial charge is 0.157 e. The van der Waals surface area contributed by atoms with Crippen LogP contribution in [-0.4, -0.2) is 40.0 Å². The fourth-order valence-corrected chi connectivity index (χ4v) is 9.26. The number of fused-ring (bicyclic) bond motifs is 6. The third-order valence-corrected chi connectivity index (χ3v) is 10.7. The van der Waals surface area contributed by atoms with Gasteiger partial charge in [0, 0.05) is 24.6 Å². The van der Waals surface area contributed by atoms with E-state index in [9.17, 15) is 9.90 Å². The van der Waals surface area contributed by atoms with Gasteiger partial charge in [-0.25, -0.2) is 0 Å². The minimum atomic E-state index is -0.617. The predicted octanol–water partition coefficient (Wildman–Crippen LogP) is 5.25. The Morgan fingerprint density at radius 2 is 1.91 bits per heavy atom. The molecule has 8 atom stereocenters. The highest BCUT2D eigenvalue weighted by atomic mass is 16.5. The van der Waals surface area contributed by atoms with E-state index in [1.165, 1.54) is 32.1 Å². The molecule has 1 aromatic carbocycles. The third-order valence-electron chi connectivity index (χ3n) is 10.7. The molecule has 0 saturated heterocycles. The quantitative estimate of drug-likeness (QED) is 0.656. The molecule has 184 valence electrons. The molecule has 2 aromatic rings. The van der Waals surface area contributed by atoms with E-state index in [2.05, 4.69) is 18.1 Å². The first-order chi connectivity index (χ1) is 16.4. The van der Waals surface area contributed by atoms with Crippen molar-refractivity contribution in [2.45, 2.75) is 76.9 Å². The van der Waals surface area contributed by atoms with Crippen LogP contribution in [0.15, 0.2) is 30.5 Å². The molecule has 6 rings (SSSR count). The van der Waals surface area contributed by atoms with Crippen LogP contribution in [0.4, 0.5) is 0 Å². The molecule has 4 saturated carbocycles. The van der Waals surface area contributed by atoms with Gasteiger partial charge in [-0.3, -0.25) is 9.48 Å². The van der Waals surface area contributed by atoms with Gasteiger partial charge in [-0.15, -0.1) is 0 Å². The first-order valence-electron chi connectivity index (χ1n) is 13.6. The van der Waals surface area contributed by atoms with Crippen LogP contribution in [0.1, 0.15) is 64.7 Å². The Bertz CT molecular complexity index is 1030. The van der Waals surface area contributed by atoms with Crippen molar-refractivity contribution in [1.82, 2.24) is 9.78 Å². The van der Waals surface area contributed by atoms with Crippen LogP contribution < -0.4 is 0 Å². The Morgan fingerprint density at radius 1 is 1.09 bits per heavy atom. The summed E-state index contributed by atoms with van der Waals surface area (Å²) in [6, 6.07) is 8.11. The highest BCUT2D eigenvalue weighted by Gasteiger charge is 2.59. The highest BCUT2D eigenvalue weighted by molar-refractivity contribution is 5.83. The Kier molecular flexibility index (Phi) is 5.64.